The third kappa shape index (κ3) is 5.04. The SMILES string of the molecule is C[C@@H](CCCC1=CC=NC1)NC(=O)C=C[C@H]1CC1(c1cccc(F)c1)c1cccc(F)c1. The molecule has 2 aromatic carbocycles. The van der Waals surface area contributed by atoms with E-state index in [0.29, 0.717) is 6.42 Å². The monoisotopic (exact) mass is 434 g/mol. The molecule has 166 valence electrons. The van der Waals surface area contributed by atoms with Crippen LogP contribution in [-0.2, 0) is 10.2 Å². The van der Waals surface area contributed by atoms with Gasteiger partial charge >= 0.3 is 0 Å². The molecule has 0 aromatic heterocycles. The molecule has 0 unspecified atom stereocenters. The van der Waals surface area contributed by atoms with E-state index < -0.39 is 5.41 Å². The number of nitrogens with zero attached hydrogens (tertiary/aromatic N) is 1. The molecule has 0 radical (unpaired) electrons. The van der Waals surface area contributed by atoms with Crippen molar-refractivity contribution >= 4 is 12.1 Å². The van der Waals surface area contributed by atoms with E-state index in [2.05, 4.69) is 16.4 Å². The second-order valence-corrected chi connectivity index (χ2v) is 8.78. The van der Waals surface area contributed by atoms with Gasteiger partial charge in [0.05, 0.1) is 6.54 Å². The lowest BCUT2D eigenvalue weighted by molar-refractivity contribution is -0.117. The van der Waals surface area contributed by atoms with Gasteiger partial charge in [-0.2, -0.15) is 0 Å². The molecule has 1 aliphatic carbocycles. The third-order valence-electron chi connectivity index (χ3n) is 6.41. The average molecular weight is 435 g/mol. The molecule has 2 aliphatic rings. The highest BCUT2D eigenvalue weighted by atomic mass is 19.1. The van der Waals surface area contributed by atoms with Gasteiger partial charge in [0.1, 0.15) is 11.6 Å². The van der Waals surface area contributed by atoms with Gasteiger partial charge in [-0.25, -0.2) is 8.78 Å². The number of rotatable bonds is 9. The summed E-state index contributed by atoms with van der Waals surface area (Å²) in [6, 6.07) is 13.0. The van der Waals surface area contributed by atoms with Crippen molar-refractivity contribution in [1.29, 1.82) is 0 Å². The lowest BCUT2D eigenvalue weighted by atomic mass is 9.85. The van der Waals surface area contributed by atoms with Gasteiger partial charge in [0.15, 0.2) is 0 Å². The minimum Gasteiger partial charge on any atom is -0.350 e. The zero-order valence-corrected chi connectivity index (χ0v) is 18.2. The maximum absolute atomic E-state index is 13.9. The summed E-state index contributed by atoms with van der Waals surface area (Å²) in [6.45, 7) is 2.80. The largest absolute Gasteiger partial charge is 0.350 e. The van der Waals surface area contributed by atoms with Gasteiger partial charge in [-0.15, -0.1) is 0 Å². The Hall–Kier alpha value is -3.08. The zero-order valence-electron chi connectivity index (χ0n) is 18.2. The highest BCUT2D eigenvalue weighted by molar-refractivity contribution is 5.87. The number of halogens is 2. The lowest BCUT2D eigenvalue weighted by Crippen LogP contribution is -2.31. The minimum atomic E-state index is -0.510. The fraction of sp³-hybridized carbons (Fsp3) is 0.333. The van der Waals surface area contributed by atoms with Crippen LogP contribution in [0.1, 0.15) is 43.7 Å². The normalized spacial score (nSPS) is 19.7. The predicted molar refractivity (Wildman–Crippen MR) is 124 cm³/mol. The van der Waals surface area contributed by atoms with E-state index in [-0.39, 0.29) is 29.5 Å². The molecule has 0 spiro atoms. The first kappa shape index (κ1) is 22.1. The van der Waals surface area contributed by atoms with Gasteiger partial charge in [0.2, 0.25) is 5.91 Å². The number of hydrogen-bond donors (Lipinski definition) is 1. The topological polar surface area (TPSA) is 41.5 Å². The Balaban J connectivity index is 1.38. The Labute approximate surface area is 188 Å². The molecular weight excluding hydrogens is 406 g/mol. The summed E-state index contributed by atoms with van der Waals surface area (Å²) in [5.74, 6) is -0.777. The smallest absolute Gasteiger partial charge is 0.243 e. The molecule has 1 heterocycles. The van der Waals surface area contributed by atoms with Crippen LogP contribution in [0.5, 0.6) is 0 Å². The number of benzene rings is 2. The maximum Gasteiger partial charge on any atom is 0.243 e. The number of carbonyl (C=O) groups excluding carboxylic acids is 1. The summed E-state index contributed by atoms with van der Waals surface area (Å²) in [4.78, 5) is 16.6. The van der Waals surface area contributed by atoms with Crippen LogP contribution in [0.2, 0.25) is 0 Å². The van der Waals surface area contributed by atoms with Crippen molar-refractivity contribution in [1.82, 2.24) is 5.32 Å². The van der Waals surface area contributed by atoms with E-state index in [9.17, 15) is 13.6 Å². The molecular formula is C27H28F2N2O. The number of amides is 1. The van der Waals surface area contributed by atoms with E-state index in [1.807, 2.05) is 31.3 Å². The molecule has 5 heteroatoms. The van der Waals surface area contributed by atoms with Crippen LogP contribution in [0.25, 0.3) is 0 Å². The molecule has 1 amide bonds. The van der Waals surface area contributed by atoms with Crippen LogP contribution < -0.4 is 5.32 Å². The highest BCUT2D eigenvalue weighted by Crippen LogP contribution is 2.59. The van der Waals surface area contributed by atoms with Crippen molar-refractivity contribution in [3.8, 4) is 0 Å². The number of carbonyl (C=O) groups is 1. The van der Waals surface area contributed by atoms with Gasteiger partial charge in [-0.05, 0) is 91.6 Å². The van der Waals surface area contributed by atoms with E-state index in [1.54, 1.807) is 18.2 Å². The van der Waals surface area contributed by atoms with Crippen LogP contribution in [0.15, 0.2) is 77.3 Å². The fourth-order valence-electron chi connectivity index (χ4n) is 4.63. The minimum absolute atomic E-state index is 0.00135. The summed E-state index contributed by atoms with van der Waals surface area (Å²) in [5, 5.41) is 3.02. The quantitative estimate of drug-likeness (QED) is 0.519. The summed E-state index contributed by atoms with van der Waals surface area (Å²) in [5.41, 5.74) is 2.43. The number of allylic oxidation sites excluding steroid dienone is 2. The summed E-state index contributed by atoms with van der Waals surface area (Å²) in [6.07, 6.45) is 11.0. The van der Waals surface area contributed by atoms with Crippen LogP contribution in [-0.4, -0.2) is 24.7 Å². The summed E-state index contributed by atoms with van der Waals surface area (Å²) >= 11 is 0. The number of aliphatic imine (C=N–C) groups is 1. The van der Waals surface area contributed by atoms with Gasteiger partial charge in [-0.3, -0.25) is 9.79 Å². The summed E-state index contributed by atoms with van der Waals surface area (Å²) < 4.78 is 27.9. The Morgan fingerprint density at radius 2 is 1.88 bits per heavy atom. The molecule has 1 N–H and O–H groups in total. The van der Waals surface area contributed by atoms with E-state index in [0.717, 1.165) is 36.9 Å². The van der Waals surface area contributed by atoms with Crippen LogP contribution in [0.4, 0.5) is 8.78 Å². The van der Waals surface area contributed by atoms with E-state index >= 15 is 0 Å². The molecule has 0 bridgehead atoms. The predicted octanol–water partition coefficient (Wildman–Crippen LogP) is 5.51. The molecule has 2 aromatic rings. The number of hydrogen-bond acceptors (Lipinski definition) is 2. The lowest BCUT2D eigenvalue weighted by Gasteiger charge is -2.18. The first-order chi connectivity index (χ1) is 15.5. The molecule has 1 fully saturated rings. The van der Waals surface area contributed by atoms with Gasteiger partial charge in [0, 0.05) is 17.7 Å². The molecule has 4 rings (SSSR count). The average Bonchev–Trinajstić information content (AvgIpc) is 3.28. The first-order valence-electron chi connectivity index (χ1n) is 11.2. The van der Waals surface area contributed by atoms with Crippen molar-refractivity contribution in [2.75, 3.05) is 6.54 Å². The molecule has 0 saturated heterocycles. The standard InChI is InChI=1S/C27H28F2N2O/c1-19(5-2-6-20-13-14-30-18-20)31-26(32)12-11-23-17-27(23,21-7-3-9-24(28)15-21)22-8-4-10-25(29)16-22/h3-4,7-16,19,23H,2,5-6,17-18H2,1H3,(H,31,32)/t19-,23-/m0/s1. The van der Waals surface area contributed by atoms with Crippen molar-refractivity contribution in [2.24, 2.45) is 10.9 Å². The Kier molecular flexibility index (Phi) is 6.63. The Morgan fingerprint density at radius 3 is 2.47 bits per heavy atom. The molecule has 3 nitrogen and oxygen atoms in total. The van der Waals surface area contributed by atoms with Gasteiger partial charge in [0.25, 0.3) is 0 Å². The Morgan fingerprint density at radius 1 is 1.19 bits per heavy atom. The zero-order chi connectivity index (χ0) is 22.6. The van der Waals surface area contributed by atoms with Crippen molar-refractivity contribution in [3.05, 3.63) is 95.1 Å². The summed E-state index contributed by atoms with van der Waals surface area (Å²) in [7, 11) is 0. The molecule has 32 heavy (non-hydrogen) atoms. The van der Waals surface area contributed by atoms with Crippen LogP contribution in [0, 0.1) is 17.6 Å². The van der Waals surface area contributed by atoms with Crippen LogP contribution in [0.3, 0.4) is 0 Å². The van der Waals surface area contributed by atoms with Gasteiger partial charge < -0.3 is 5.32 Å². The number of nitrogens with one attached hydrogen (secondary N) is 1. The maximum atomic E-state index is 13.9. The van der Waals surface area contributed by atoms with E-state index in [4.69, 9.17) is 0 Å². The van der Waals surface area contributed by atoms with Crippen LogP contribution >= 0.6 is 0 Å². The van der Waals surface area contributed by atoms with Gasteiger partial charge in [-0.1, -0.05) is 30.3 Å². The molecule has 1 aliphatic heterocycles. The molecule has 2 atom stereocenters. The van der Waals surface area contributed by atoms with Crippen molar-refractivity contribution < 1.29 is 13.6 Å². The second-order valence-electron chi connectivity index (χ2n) is 8.78. The fourth-order valence-corrected chi connectivity index (χ4v) is 4.63. The Bertz CT molecular complexity index is 1030. The first-order valence-corrected chi connectivity index (χ1v) is 11.2. The molecule has 1 saturated carbocycles. The third-order valence-corrected chi connectivity index (χ3v) is 6.41. The van der Waals surface area contributed by atoms with E-state index in [1.165, 1.54) is 29.8 Å². The van der Waals surface area contributed by atoms with Crippen molar-refractivity contribution in [2.45, 2.75) is 44.1 Å². The highest BCUT2D eigenvalue weighted by Gasteiger charge is 2.55. The van der Waals surface area contributed by atoms with Crippen molar-refractivity contribution in [3.63, 3.8) is 0 Å². The second kappa shape index (κ2) is 9.60.